The number of rotatable bonds is 4. The van der Waals surface area contributed by atoms with Crippen molar-refractivity contribution < 1.29 is 4.74 Å². The lowest BCUT2D eigenvalue weighted by molar-refractivity contribution is 0.411. The number of pyridine rings is 1. The van der Waals surface area contributed by atoms with Crippen LogP contribution in [0.4, 0.5) is 0 Å². The fraction of sp³-hybridized carbons (Fsp3) is 0.389. The van der Waals surface area contributed by atoms with E-state index < -0.39 is 6.04 Å². The van der Waals surface area contributed by atoms with Gasteiger partial charge in [0.2, 0.25) is 0 Å². The van der Waals surface area contributed by atoms with E-state index in [1.54, 1.807) is 7.11 Å². The zero-order chi connectivity index (χ0) is 15.9. The zero-order valence-corrected chi connectivity index (χ0v) is 13.3. The number of aryl methyl sites for hydroxylation is 2. The summed E-state index contributed by atoms with van der Waals surface area (Å²) in [6.45, 7) is 3.96. The molecule has 1 atom stereocenters. The minimum absolute atomic E-state index is 0.0449. The SMILES string of the molecule is COc1ccc(C(N)c2ccc(C)n(C3CC3)c2=O)cc1C. The first kappa shape index (κ1) is 14.9. The van der Waals surface area contributed by atoms with E-state index in [4.69, 9.17) is 10.5 Å². The van der Waals surface area contributed by atoms with Gasteiger partial charge in [-0.1, -0.05) is 12.1 Å². The highest BCUT2D eigenvalue weighted by Gasteiger charge is 2.27. The molecule has 0 amide bonds. The van der Waals surface area contributed by atoms with E-state index in [-0.39, 0.29) is 5.56 Å². The number of nitrogens with two attached hydrogens (primary N) is 1. The third-order valence-corrected chi connectivity index (χ3v) is 4.37. The molecule has 3 rings (SSSR count). The number of nitrogens with zero attached hydrogens (tertiary/aromatic N) is 1. The monoisotopic (exact) mass is 298 g/mol. The fourth-order valence-corrected chi connectivity index (χ4v) is 2.96. The van der Waals surface area contributed by atoms with E-state index in [0.717, 1.165) is 35.4 Å². The average molecular weight is 298 g/mol. The standard InChI is InChI=1S/C18H22N2O2/c1-11-10-13(5-9-16(11)22-3)17(19)15-8-4-12(2)20(18(15)21)14-6-7-14/h4-5,8-10,14,17H,6-7,19H2,1-3H3. The lowest BCUT2D eigenvalue weighted by atomic mass is 9.98. The molecule has 4 heteroatoms. The molecule has 1 heterocycles. The maximum absolute atomic E-state index is 12.8. The van der Waals surface area contributed by atoms with Crippen LogP contribution in [0, 0.1) is 13.8 Å². The zero-order valence-electron chi connectivity index (χ0n) is 13.3. The normalized spacial score (nSPS) is 15.6. The van der Waals surface area contributed by atoms with Crippen LogP contribution in [-0.2, 0) is 0 Å². The van der Waals surface area contributed by atoms with Crippen molar-refractivity contribution in [1.82, 2.24) is 4.57 Å². The predicted octanol–water partition coefficient (Wildman–Crippen LogP) is 2.86. The van der Waals surface area contributed by atoms with Crippen LogP contribution in [-0.4, -0.2) is 11.7 Å². The van der Waals surface area contributed by atoms with Crippen molar-refractivity contribution in [2.45, 2.75) is 38.8 Å². The van der Waals surface area contributed by atoms with Gasteiger partial charge in [-0.15, -0.1) is 0 Å². The van der Waals surface area contributed by atoms with Crippen molar-refractivity contribution in [2.24, 2.45) is 5.73 Å². The maximum Gasteiger partial charge on any atom is 0.256 e. The summed E-state index contributed by atoms with van der Waals surface area (Å²) in [6, 6.07) is 9.62. The number of aromatic nitrogens is 1. The van der Waals surface area contributed by atoms with Crippen LogP contribution in [0.3, 0.4) is 0 Å². The molecular formula is C18H22N2O2. The Kier molecular flexibility index (Phi) is 3.79. The molecule has 1 aromatic heterocycles. The van der Waals surface area contributed by atoms with E-state index in [1.807, 2.05) is 48.7 Å². The summed E-state index contributed by atoms with van der Waals surface area (Å²) in [5, 5.41) is 0. The molecule has 1 aliphatic carbocycles. The van der Waals surface area contributed by atoms with Gasteiger partial charge < -0.3 is 15.0 Å². The Hall–Kier alpha value is -2.07. The second-order valence-corrected chi connectivity index (χ2v) is 6.04. The second-order valence-electron chi connectivity index (χ2n) is 6.04. The van der Waals surface area contributed by atoms with Crippen LogP contribution in [0.5, 0.6) is 5.75 Å². The van der Waals surface area contributed by atoms with Gasteiger partial charge in [0.05, 0.1) is 13.2 Å². The minimum atomic E-state index is -0.414. The van der Waals surface area contributed by atoms with Crippen molar-refractivity contribution in [3.8, 4) is 5.75 Å². The van der Waals surface area contributed by atoms with Crippen LogP contribution >= 0.6 is 0 Å². The van der Waals surface area contributed by atoms with Gasteiger partial charge in [-0.3, -0.25) is 4.79 Å². The van der Waals surface area contributed by atoms with E-state index in [1.165, 1.54) is 0 Å². The smallest absolute Gasteiger partial charge is 0.256 e. The molecule has 22 heavy (non-hydrogen) atoms. The first-order valence-electron chi connectivity index (χ1n) is 7.65. The quantitative estimate of drug-likeness (QED) is 0.944. The molecule has 4 nitrogen and oxygen atoms in total. The Morgan fingerprint density at radius 3 is 2.55 bits per heavy atom. The third-order valence-electron chi connectivity index (χ3n) is 4.37. The Labute approximate surface area is 130 Å². The first-order valence-corrected chi connectivity index (χ1v) is 7.65. The van der Waals surface area contributed by atoms with E-state index in [9.17, 15) is 4.79 Å². The first-order chi connectivity index (χ1) is 10.5. The van der Waals surface area contributed by atoms with Gasteiger partial charge in [0, 0.05) is 17.3 Å². The maximum atomic E-state index is 12.8. The van der Waals surface area contributed by atoms with Crippen LogP contribution in [0.25, 0.3) is 0 Å². The molecule has 1 unspecified atom stereocenters. The molecule has 1 aliphatic rings. The van der Waals surface area contributed by atoms with Crippen molar-refractivity contribution in [1.29, 1.82) is 0 Å². The summed E-state index contributed by atoms with van der Waals surface area (Å²) >= 11 is 0. The van der Waals surface area contributed by atoms with Crippen molar-refractivity contribution in [3.05, 3.63) is 63.1 Å². The average Bonchev–Trinajstić information content (AvgIpc) is 3.31. The fourth-order valence-electron chi connectivity index (χ4n) is 2.96. The van der Waals surface area contributed by atoms with E-state index >= 15 is 0 Å². The van der Waals surface area contributed by atoms with Gasteiger partial charge >= 0.3 is 0 Å². The van der Waals surface area contributed by atoms with Crippen LogP contribution in [0.1, 0.15) is 47.3 Å². The molecule has 0 aliphatic heterocycles. The summed E-state index contributed by atoms with van der Waals surface area (Å²) in [6.07, 6.45) is 2.17. The molecule has 1 fully saturated rings. The molecule has 0 spiro atoms. The van der Waals surface area contributed by atoms with Crippen molar-refractivity contribution >= 4 is 0 Å². The summed E-state index contributed by atoms with van der Waals surface area (Å²) in [5.74, 6) is 0.829. The topological polar surface area (TPSA) is 57.2 Å². The number of methoxy groups -OCH3 is 1. The van der Waals surface area contributed by atoms with Crippen LogP contribution in [0.15, 0.2) is 35.1 Å². The lowest BCUT2D eigenvalue weighted by Crippen LogP contribution is -2.29. The third kappa shape index (κ3) is 2.55. The molecule has 1 saturated carbocycles. The molecule has 0 saturated heterocycles. The second kappa shape index (κ2) is 5.61. The minimum Gasteiger partial charge on any atom is -0.496 e. The van der Waals surface area contributed by atoms with Gasteiger partial charge in [-0.25, -0.2) is 0 Å². The number of hydrogen-bond donors (Lipinski definition) is 1. The Balaban J connectivity index is 2.02. The largest absolute Gasteiger partial charge is 0.496 e. The van der Waals surface area contributed by atoms with Crippen LogP contribution < -0.4 is 16.0 Å². The van der Waals surface area contributed by atoms with E-state index in [0.29, 0.717) is 11.6 Å². The molecule has 2 N–H and O–H groups in total. The summed E-state index contributed by atoms with van der Waals surface area (Å²) in [5.41, 5.74) is 10.0. The van der Waals surface area contributed by atoms with Gasteiger partial charge in [-0.05, 0) is 56.0 Å². The summed E-state index contributed by atoms with van der Waals surface area (Å²) in [4.78, 5) is 12.8. The Morgan fingerprint density at radius 1 is 1.23 bits per heavy atom. The molecular weight excluding hydrogens is 276 g/mol. The van der Waals surface area contributed by atoms with E-state index in [2.05, 4.69) is 0 Å². The van der Waals surface area contributed by atoms with Crippen molar-refractivity contribution in [3.63, 3.8) is 0 Å². The molecule has 1 aromatic carbocycles. The highest BCUT2D eigenvalue weighted by molar-refractivity contribution is 5.40. The van der Waals surface area contributed by atoms with Gasteiger partial charge in [0.1, 0.15) is 5.75 Å². The van der Waals surface area contributed by atoms with Crippen LogP contribution in [0.2, 0.25) is 0 Å². The predicted molar refractivity (Wildman–Crippen MR) is 87.5 cm³/mol. The Bertz CT molecular complexity index is 760. The van der Waals surface area contributed by atoms with Gasteiger partial charge in [-0.2, -0.15) is 0 Å². The molecule has 0 bridgehead atoms. The summed E-state index contributed by atoms with van der Waals surface area (Å²) in [7, 11) is 1.65. The highest BCUT2D eigenvalue weighted by Crippen LogP contribution is 2.35. The lowest BCUT2D eigenvalue weighted by Gasteiger charge is -2.17. The number of hydrogen-bond acceptors (Lipinski definition) is 3. The molecule has 2 aromatic rings. The number of benzene rings is 1. The van der Waals surface area contributed by atoms with Gasteiger partial charge in [0.15, 0.2) is 0 Å². The van der Waals surface area contributed by atoms with Gasteiger partial charge in [0.25, 0.3) is 5.56 Å². The highest BCUT2D eigenvalue weighted by atomic mass is 16.5. The number of ether oxygens (including phenoxy) is 1. The molecule has 116 valence electrons. The molecule has 0 radical (unpaired) electrons. The van der Waals surface area contributed by atoms with Crippen molar-refractivity contribution in [2.75, 3.05) is 7.11 Å². The Morgan fingerprint density at radius 2 is 1.95 bits per heavy atom. The summed E-state index contributed by atoms with van der Waals surface area (Å²) < 4.78 is 7.17.